The van der Waals surface area contributed by atoms with Crippen LogP contribution in [0.2, 0.25) is 5.02 Å². The Morgan fingerprint density at radius 1 is 1.08 bits per heavy atom. The van der Waals surface area contributed by atoms with Crippen molar-refractivity contribution < 1.29 is 8.81 Å². The van der Waals surface area contributed by atoms with Crippen LogP contribution in [0.25, 0.3) is 0 Å². The highest BCUT2D eigenvalue weighted by atomic mass is 35.5. The zero-order chi connectivity index (χ0) is 17.6. The van der Waals surface area contributed by atoms with Gasteiger partial charge in [-0.2, -0.15) is 0 Å². The van der Waals surface area contributed by atoms with Gasteiger partial charge in [0.2, 0.25) is 0 Å². The summed E-state index contributed by atoms with van der Waals surface area (Å²) in [4.78, 5) is 1.94. The number of anilines is 1. The molecule has 0 amide bonds. The van der Waals surface area contributed by atoms with E-state index in [1.165, 1.54) is 6.07 Å². The number of furan rings is 1. The molecule has 0 unspecified atom stereocenters. The largest absolute Gasteiger partial charge is 0.467 e. The van der Waals surface area contributed by atoms with Crippen LogP contribution in [0, 0.1) is 5.82 Å². The van der Waals surface area contributed by atoms with Crippen LogP contribution in [0.3, 0.4) is 0 Å². The van der Waals surface area contributed by atoms with E-state index >= 15 is 0 Å². The minimum atomic E-state index is -0.437. The second-order valence-electron chi connectivity index (χ2n) is 5.48. The second-order valence-corrected chi connectivity index (χ2v) is 6.27. The summed E-state index contributed by atoms with van der Waals surface area (Å²) in [6.45, 7) is 0.958. The van der Waals surface area contributed by atoms with Crippen molar-refractivity contribution in [2.75, 3.05) is 5.32 Å². The number of nitrogens with zero attached hydrogens (tertiary/aromatic N) is 1. The first-order chi connectivity index (χ1) is 12.1. The molecule has 3 nitrogen and oxygen atoms in total. The summed E-state index contributed by atoms with van der Waals surface area (Å²) in [6, 6.07) is 18.1. The quantitative estimate of drug-likeness (QED) is 0.599. The minimum Gasteiger partial charge on any atom is -0.467 e. The molecule has 0 saturated carbocycles. The molecule has 0 aliphatic carbocycles. The summed E-state index contributed by atoms with van der Waals surface area (Å²) >= 11 is 11.4. The zero-order valence-electron chi connectivity index (χ0n) is 13.3. The van der Waals surface area contributed by atoms with Gasteiger partial charge in [0.15, 0.2) is 5.11 Å². The third kappa shape index (κ3) is 4.81. The van der Waals surface area contributed by atoms with E-state index in [4.69, 9.17) is 28.2 Å². The lowest BCUT2D eigenvalue weighted by Crippen LogP contribution is -2.33. The van der Waals surface area contributed by atoms with E-state index in [1.807, 2.05) is 47.4 Å². The van der Waals surface area contributed by atoms with Crippen LogP contribution in [0.15, 0.2) is 71.3 Å². The highest BCUT2D eigenvalue weighted by Crippen LogP contribution is 2.19. The Hall–Kier alpha value is -2.37. The Kier molecular flexibility index (Phi) is 5.68. The van der Waals surface area contributed by atoms with Gasteiger partial charge in [-0.1, -0.05) is 35.9 Å². The van der Waals surface area contributed by atoms with Crippen LogP contribution in [0.4, 0.5) is 10.1 Å². The minimum absolute atomic E-state index is 0.0948. The maximum Gasteiger partial charge on any atom is 0.174 e. The number of hydrogen-bond acceptors (Lipinski definition) is 2. The number of benzene rings is 2. The van der Waals surface area contributed by atoms with Crippen molar-refractivity contribution in [3.8, 4) is 0 Å². The highest BCUT2D eigenvalue weighted by molar-refractivity contribution is 7.80. The van der Waals surface area contributed by atoms with E-state index in [1.54, 1.807) is 18.4 Å². The molecule has 3 aromatic rings. The molecule has 6 heteroatoms. The van der Waals surface area contributed by atoms with E-state index < -0.39 is 5.82 Å². The van der Waals surface area contributed by atoms with Crippen molar-refractivity contribution >= 4 is 34.6 Å². The van der Waals surface area contributed by atoms with Crippen LogP contribution in [0.5, 0.6) is 0 Å². The lowest BCUT2D eigenvalue weighted by molar-refractivity contribution is 0.360. The number of thiocarbonyl (C=S) groups is 1. The third-order valence-electron chi connectivity index (χ3n) is 3.60. The van der Waals surface area contributed by atoms with Crippen LogP contribution in [0.1, 0.15) is 11.3 Å². The van der Waals surface area contributed by atoms with Crippen molar-refractivity contribution in [2.24, 2.45) is 0 Å². The molecule has 0 spiro atoms. The predicted molar refractivity (Wildman–Crippen MR) is 102 cm³/mol. The summed E-state index contributed by atoms with van der Waals surface area (Å²) in [5.74, 6) is 0.346. The number of rotatable bonds is 5. The topological polar surface area (TPSA) is 28.4 Å². The fourth-order valence-electron chi connectivity index (χ4n) is 2.37. The average Bonchev–Trinajstić information content (AvgIpc) is 3.11. The van der Waals surface area contributed by atoms with Gasteiger partial charge in [0, 0.05) is 12.2 Å². The van der Waals surface area contributed by atoms with Gasteiger partial charge < -0.3 is 14.6 Å². The van der Waals surface area contributed by atoms with Gasteiger partial charge in [-0.15, -0.1) is 0 Å². The van der Waals surface area contributed by atoms with Gasteiger partial charge in [-0.3, -0.25) is 0 Å². The van der Waals surface area contributed by atoms with Crippen molar-refractivity contribution in [2.45, 2.75) is 13.1 Å². The maximum absolute atomic E-state index is 13.4. The molecular formula is C19H16ClFN2OS. The van der Waals surface area contributed by atoms with E-state index in [2.05, 4.69) is 5.32 Å². The molecular weight excluding hydrogens is 359 g/mol. The van der Waals surface area contributed by atoms with E-state index in [0.29, 0.717) is 18.2 Å². The molecule has 1 heterocycles. The van der Waals surface area contributed by atoms with Gasteiger partial charge in [0.1, 0.15) is 11.6 Å². The fraction of sp³-hybridized carbons (Fsp3) is 0.105. The summed E-state index contributed by atoms with van der Waals surface area (Å²) in [7, 11) is 0. The van der Waals surface area contributed by atoms with E-state index in [9.17, 15) is 4.39 Å². The number of para-hydroxylation sites is 1. The summed E-state index contributed by atoms with van der Waals surface area (Å²) in [5.41, 5.74) is 1.75. The first-order valence-corrected chi connectivity index (χ1v) is 8.48. The van der Waals surface area contributed by atoms with Gasteiger partial charge in [0.05, 0.1) is 17.8 Å². The van der Waals surface area contributed by atoms with Crippen molar-refractivity contribution in [1.29, 1.82) is 0 Å². The summed E-state index contributed by atoms with van der Waals surface area (Å²) in [6.07, 6.45) is 1.62. The molecule has 0 saturated heterocycles. The summed E-state index contributed by atoms with van der Waals surface area (Å²) < 4.78 is 18.8. The lowest BCUT2D eigenvalue weighted by Gasteiger charge is -2.25. The SMILES string of the molecule is Fc1ccc(CN(Cc2ccco2)C(=S)Nc2ccccc2)cc1Cl. The van der Waals surface area contributed by atoms with E-state index in [0.717, 1.165) is 17.0 Å². The third-order valence-corrected chi connectivity index (χ3v) is 4.25. The smallest absolute Gasteiger partial charge is 0.174 e. The fourth-order valence-corrected chi connectivity index (χ4v) is 2.82. The zero-order valence-corrected chi connectivity index (χ0v) is 14.9. The van der Waals surface area contributed by atoms with E-state index in [-0.39, 0.29) is 5.02 Å². The van der Waals surface area contributed by atoms with Gasteiger partial charge >= 0.3 is 0 Å². The Morgan fingerprint density at radius 3 is 2.56 bits per heavy atom. The van der Waals surface area contributed by atoms with Gasteiger partial charge in [0.25, 0.3) is 0 Å². The molecule has 128 valence electrons. The molecule has 2 aromatic carbocycles. The lowest BCUT2D eigenvalue weighted by atomic mass is 10.2. The van der Waals surface area contributed by atoms with Crippen LogP contribution < -0.4 is 5.32 Å². The molecule has 0 aliphatic rings. The molecule has 0 aliphatic heterocycles. The predicted octanol–water partition coefficient (Wildman–Crippen LogP) is 5.47. The molecule has 3 rings (SSSR count). The Balaban J connectivity index is 1.78. The molecule has 1 aromatic heterocycles. The van der Waals surface area contributed by atoms with Crippen molar-refractivity contribution in [3.63, 3.8) is 0 Å². The Labute approximate surface area is 156 Å². The first-order valence-electron chi connectivity index (χ1n) is 7.69. The average molecular weight is 375 g/mol. The van der Waals surface area contributed by atoms with Crippen LogP contribution in [-0.2, 0) is 13.1 Å². The molecule has 1 N–H and O–H groups in total. The second kappa shape index (κ2) is 8.14. The molecule has 0 bridgehead atoms. The van der Waals surface area contributed by atoms with Gasteiger partial charge in [-0.25, -0.2) is 4.39 Å². The molecule has 0 fully saturated rings. The normalized spacial score (nSPS) is 10.5. The van der Waals surface area contributed by atoms with Crippen molar-refractivity contribution in [3.05, 3.63) is 89.1 Å². The first kappa shape index (κ1) is 17.5. The van der Waals surface area contributed by atoms with Crippen molar-refractivity contribution in [1.82, 2.24) is 4.90 Å². The van der Waals surface area contributed by atoms with Gasteiger partial charge in [-0.05, 0) is 54.2 Å². The number of nitrogens with one attached hydrogen (secondary N) is 1. The molecule has 25 heavy (non-hydrogen) atoms. The van der Waals surface area contributed by atoms with Crippen LogP contribution in [-0.4, -0.2) is 10.0 Å². The maximum atomic E-state index is 13.4. The number of hydrogen-bond donors (Lipinski definition) is 1. The summed E-state index contributed by atoms with van der Waals surface area (Å²) in [5, 5.41) is 3.85. The number of halogens is 2. The standard InChI is InChI=1S/C19H16ClFN2OS/c20-17-11-14(8-9-18(17)21)12-23(13-16-7-4-10-24-16)19(25)22-15-5-2-1-3-6-15/h1-11H,12-13H2,(H,22,25). The monoisotopic (exact) mass is 374 g/mol. The van der Waals surface area contributed by atoms with Crippen LogP contribution >= 0.6 is 23.8 Å². The Morgan fingerprint density at radius 2 is 1.88 bits per heavy atom. The highest BCUT2D eigenvalue weighted by Gasteiger charge is 2.14. The molecule has 0 radical (unpaired) electrons. The molecule has 0 atom stereocenters. The Bertz CT molecular complexity index is 840.